The highest BCUT2D eigenvalue weighted by Gasteiger charge is 2.12. The van der Waals surface area contributed by atoms with Crippen molar-refractivity contribution in [3.8, 4) is 22.9 Å². The minimum Gasteiger partial charge on any atom is -0.492 e. The number of hydrogen-bond donors (Lipinski definition) is 0. The van der Waals surface area contributed by atoms with Crippen LogP contribution >= 0.6 is 15.9 Å². The average Bonchev–Trinajstić information content (AvgIpc) is 2.94. The number of carbonyl (C=O) groups is 1. The minimum absolute atomic E-state index is 0.416. The number of benzene rings is 2. The Hall–Kier alpha value is -2.73. The lowest BCUT2D eigenvalue weighted by atomic mass is 10.1. The van der Waals surface area contributed by atoms with E-state index in [1.165, 1.54) is 64.2 Å². The van der Waals surface area contributed by atoms with E-state index in [2.05, 4.69) is 39.7 Å². The first-order valence-corrected chi connectivity index (χ1v) is 15.0. The van der Waals surface area contributed by atoms with Crippen LogP contribution in [0.15, 0.2) is 59.3 Å². The molecule has 3 aromatic rings. The van der Waals surface area contributed by atoms with Crippen LogP contribution in [-0.4, -0.2) is 22.5 Å². The molecule has 0 spiro atoms. The van der Waals surface area contributed by atoms with Gasteiger partial charge in [-0.1, -0.05) is 71.6 Å². The summed E-state index contributed by atoms with van der Waals surface area (Å²) < 4.78 is 12.2. The lowest BCUT2D eigenvalue weighted by Gasteiger charge is -2.10. The molecular formula is C32H41BrN2O3. The predicted molar refractivity (Wildman–Crippen MR) is 158 cm³/mol. The number of halogens is 1. The van der Waals surface area contributed by atoms with Crippen molar-refractivity contribution < 1.29 is 14.3 Å². The van der Waals surface area contributed by atoms with E-state index in [1.54, 1.807) is 24.3 Å². The predicted octanol–water partition coefficient (Wildman–Crippen LogP) is 9.38. The summed E-state index contributed by atoms with van der Waals surface area (Å²) in [6.45, 7) is 5.13. The maximum Gasteiger partial charge on any atom is 0.343 e. The highest BCUT2D eigenvalue weighted by Crippen LogP contribution is 2.27. The molecule has 0 aliphatic rings. The lowest BCUT2D eigenvalue weighted by Crippen LogP contribution is -2.09. The van der Waals surface area contributed by atoms with Crippen LogP contribution in [0, 0.1) is 0 Å². The Morgan fingerprint density at radius 1 is 0.789 bits per heavy atom. The molecule has 0 radical (unpaired) electrons. The van der Waals surface area contributed by atoms with Crippen LogP contribution in [0.1, 0.15) is 100 Å². The van der Waals surface area contributed by atoms with Crippen LogP contribution in [0.3, 0.4) is 0 Å². The molecule has 0 unspecified atom stereocenters. The Kier molecular flexibility index (Phi) is 13.3. The van der Waals surface area contributed by atoms with E-state index in [1.807, 2.05) is 30.6 Å². The molecule has 204 valence electrons. The second-order valence-corrected chi connectivity index (χ2v) is 10.6. The summed E-state index contributed by atoms with van der Waals surface area (Å²) >= 11 is 3.53. The highest BCUT2D eigenvalue weighted by atomic mass is 79.9. The van der Waals surface area contributed by atoms with Gasteiger partial charge < -0.3 is 9.47 Å². The molecule has 0 saturated carbocycles. The second-order valence-electron chi connectivity index (χ2n) is 9.75. The van der Waals surface area contributed by atoms with E-state index in [9.17, 15) is 4.79 Å². The van der Waals surface area contributed by atoms with Gasteiger partial charge in [-0.3, -0.25) is 0 Å². The number of rotatable bonds is 17. The summed E-state index contributed by atoms with van der Waals surface area (Å²) in [6, 6.07) is 12.6. The van der Waals surface area contributed by atoms with Crippen molar-refractivity contribution in [1.82, 2.24) is 9.97 Å². The van der Waals surface area contributed by atoms with E-state index in [0.29, 0.717) is 23.7 Å². The van der Waals surface area contributed by atoms with Crippen LogP contribution in [0.25, 0.3) is 11.4 Å². The average molecular weight is 582 g/mol. The zero-order valence-electron chi connectivity index (χ0n) is 22.9. The molecule has 0 aliphatic heterocycles. The van der Waals surface area contributed by atoms with Gasteiger partial charge in [0, 0.05) is 18.0 Å². The Labute approximate surface area is 236 Å². The molecule has 0 fully saturated rings. The fraction of sp³-hybridized carbons (Fsp3) is 0.469. The van der Waals surface area contributed by atoms with E-state index in [-0.39, 0.29) is 0 Å². The summed E-state index contributed by atoms with van der Waals surface area (Å²) in [5, 5.41) is 0. The van der Waals surface area contributed by atoms with Gasteiger partial charge in [0.2, 0.25) is 0 Å². The molecule has 0 saturated heterocycles. The maximum atomic E-state index is 12.7. The van der Waals surface area contributed by atoms with Crippen LogP contribution in [0.2, 0.25) is 0 Å². The third-order valence-electron chi connectivity index (χ3n) is 6.52. The van der Waals surface area contributed by atoms with Crippen LogP contribution in [-0.2, 0) is 6.42 Å². The van der Waals surface area contributed by atoms with Crippen molar-refractivity contribution >= 4 is 21.9 Å². The zero-order valence-corrected chi connectivity index (χ0v) is 24.5. The maximum absolute atomic E-state index is 12.7. The number of carbonyl (C=O) groups excluding carboxylic acids is 1. The van der Waals surface area contributed by atoms with Crippen molar-refractivity contribution in [3.05, 3.63) is 70.5 Å². The van der Waals surface area contributed by atoms with E-state index >= 15 is 0 Å². The van der Waals surface area contributed by atoms with Crippen LogP contribution < -0.4 is 9.47 Å². The fourth-order valence-corrected chi connectivity index (χ4v) is 4.71. The van der Waals surface area contributed by atoms with Gasteiger partial charge in [-0.2, -0.15) is 0 Å². The molecule has 2 aromatic carbocycles. The highest BCUT2D eigenvalue weighted by molar-refractivity contribution is 9.10. The van der Waals surface area contributed by atoms with E-state index in [4.69, 9.17) is 9.47 Å². The Bertz CT molecular complexity index is 1100. The van der Waals surface area contributed by atoms with Gasteiger partial charge in [-0.15, -0.1) is 0 Å². The number of aryl methyl sites for hydroxylation is 1. The van der Waals surface area contributed by atoms with Gasteiger partial charge in [-0.25, -0.2) is 14.8 Å². The quantitative estimate of drug-likeness (QED) is 0.0903. The van der Waals surface area contributed by atoms with Gasteiger partial charge in [0.25, 0.3) is 0 Å². The van der Waals surface area contributed by atoms with Crippen LogP contribution in [0.5, 0.6) is 11.5 Å². The van der Waals surface area contributed by atoms with Gasteiger partial charge in [0.15, 0.2) is 5.82 Å². The van der Waals surface area contributed by atoms with Crippen molar-refractivity contribution in [1.29, 1.82) is 0 Å². The SMILES string of the molecule is CCCCCCCCCOc1ccc(C(=O)Oc2ccc(-c3ncc(CCCCCC)cn3)cc2)cc1Br. The van der Waals surface area contributed by atoms with Gasteiger partial charge >= 0.3 is 5.97 Å². The van der Waals surface area contributed by atoms with Crippen molar-refractivity contribution in [2.45, 2.75) is 90.9 Å². The Balaban J connectivity index is 1.45. The number of esters is 1. The van der Waals surface area contributed by atoms with Crippen LogP contribution in [0.4, 0.5) is 0 Å². The lowest BCUT2D eigenvalue weighted by molar-refractivity contribution is 0.0734. The van der Waals surface area contributed by atoms with Gasteiger partial charge in [0.1, 0.15) is 11.5 Å². The molecule has 0 amide bonds. The zero-order chi connectivity index (χ0) is 27.0. The molecular weight excluding hydrogens is 540 g/mol. The summed E-state index contributed by atoms with van der Waals surface area (Å²) in [5.41, 5.74) is 2.51. The second kappa shape index (κ2) is 17.0. The van der Waals surface area contributed by atoms with Gasteiger partial charge in [-0.05, 0) is 83.2 Å². The molecule has 1 heterocycles. The molecule has 0 N–H and O–H groups in total. The largest absolute Gasteiger partial charge is 0.492 e. The molecule has 3 rings (SSSR count). The minimum atomic E-state index is -0.416. The van der Waals surface area contributed by atoms with E-state index in [0.717, 1.165) is 34.2 Å². The molecule has 0 bridgehead atoms. The summed E-state index contributed by atoms with van der Waals surface area (Å²) in [6.07, 6.45) is 18.4. The normalized spacial score (nSPS) is 10.9. The standard InChI is InChI=1S/C32H41BrN2O3/c1-3-5-7-9-10-11-13-21-37-30-20-17-27(22-29(30)33)32(36)38-28-18-15-26(16-19-28)31-34-23-25(24-35-31)14-12-8-6-4-2/h15-20,22-24H,3-14,21H2,1-2H3. The summed E-state index contributed by atoms with van der Waals surface area (Å²) in [7, 11) is 0. The number of unbranched alkanes of at least 4 members (excludes halogenated alkanes) is 9. The molecule has 38 heavy (non-hydrogen) atoms. The number of ether oxygens (including phenoxy) is 2. The Morgan fingerprint density at radius 2 is 1.42 bits per heavy atom. The van der Waals surface area contributed by atoms with E-state index < -0.39 is 5.97 Å². The molecule has 1 aromatic heterocycles. The number of aromatic nitrogens is 2. The Morgan fingerprint density at radius 3 is 2.08 bits per heavy atom. The third-order valence-corrected chi connectivity index (χ3v) is 7.14. The topological polar surface area (TPSA) is 61.3 Å². The van der Waals surface area contributed by atoms with Gasteiger partial charge in [0.05, 0.1) is 16.6 Å². The summed E-state index contributed by atoms with van der Waals surface area (Å²) in [5.74, 6) is 1.46. The summed E-state index contributed by atoms with van der Waals surface area (Å²) in [4.78, 5) is 21.7. The van der Waals surface area contributed by atoms with Crippen molar-refractivity contribution in [2.24, 2.45) is 0 Å². The monoisotopic (exact) mass is 580 g/mol. The number of hydrogen-bond acceptors (Lipinski definition) is 5. The molecule has 0 atom stereocenters. The van der Waals surface area contributed by atoms with Crippen molar-refractivity contribution in [2.75, 3.05) is 6.61 Å². The fourth-order valence-electron chi connectivity index (χ4n) is 4.21. The number of nitrogens with zero attached hydrogens (tertiary/aromatic N) is 2. The first kappa shape index (κ1) is 29.8. The molecule has 0 aliphatic carbocycles. The first-order chi connectivity index (χ1) is 18.6. The first-order valence-electron chi connectivity index (χ1n) is 14.2. The van der Waals surface area contributed by atoms with Crippen molar-refractivity contribution in [3.63, 3.8) is 0 Å². The third kappa shape index (κ3) is 10.2. The molecule has 6 heteroatoms. The smallest absolute Gasteiger partial charge is 0.343 e. The molecule has 5 nitrogen and oxygen atoms in total.